The van der Waals surface area contributed by atoms with Crippen molar-refractivity contribution in [1.29, 1.82) is 0 Å². The van der Waals surface area contributed by atoms with Crippen LogP contribution in [-0.4, -0.2) is 75.7 Å². The van der Waals surface area contributed by atoms with E-state index in [0.29, 0.717) is 0 Å². The molecule has 0 amide bonds. The largest absolute Gasteiger partial charge is 0.356 e. The molecule has 0 aromatic rings. The van der Waals surface area contributed by atoms with E-state index in [1.165, 1.54) is 45.4 Å². The van der Waals surface area contributed by atoms with Gasteiger partial charge in [-0.15, -0.1) is 0 Å². The summed E-state index contributed by atoms with van der Waals surface area (Å²) in [7, 11) is 4.06. The lowest BCUT2D eigenvalue weighted by atomic mass is 10.4. The molecule has 2 rings (SSSR count). The number of hydrogen-bond donors (Lipinski definition) is 2. The van der Waals surface area contributed by atoms with Gasteiger partial charge in [0, 0.05) is 39.8 Å². The maximum atomic E-state index is 4.27. The van der Waals surface area contributed by atoms with Gasteiger partial charge in [-0.2, -0.15) is 0 Å². The van der Waals surface area contributed by atoms with Gasteiger partial charge in [-0.3, -0.25) is 4.99 Å². The molecule has 0 aromatic heterocycles. The molecule has 1 aliphatic carbocycles. The fourth-order valence-corrected chi connectivity index (χ4v) is 2.44. The van der Waals surface area contributed by atoms with Crippen molar-refractivity contribution in [1.82, 2.24) is 20.4 Å². The van der Waals surface area contributed by atoms with Crippen molar-refractivity contribution < 1.29 is 0 Å². The average Bonchev–Trinajstić information content (AvgIpc) is 3.23. The van der Waals surface area contributed by atoms with E-state index < -0.39 is 0 Å². The minimum Gasteiger partial charge on any atom is -0.356 e. The number of rotatable bonds is 5. The van der Waals surface area contributed by atoms with Crippen LogP contribution in [-0.2, 0) is 0 Å². The molecule has 0 spiro atoms. The highest BCUT2D eigenvalue weighted by atomic mass is 15.2. The van der Waals surface area contributed by atoms with Gasteiger partial charge in [0.15, 0.2) is 5.96 Å². The SMILES string of the molecule is CN=C(NCCN1CCCN(C)CC1)NCC1CC1. The van der Waals surface area contributed by atoms with Crippen molar-refractivity contribution in [2.75, 3.05) is 59.9 Å². The van der Waals surface area contributed by atoms with Gasteiger partial charge in [0.1, 0.15) is 0 Å². The molecule has 1 aliphatic heterocycles. The van der Waals surface area contributed by atoms with E-state index >= 15 is 0 Å². The zero-order valence-electron chi connectivity index (χ0n) is 12.5. The summed E-state index contributed by atoms with van der Waals surface area (Å²) in [6.07, 6.45) is 4.04. The second-order valence-electron chi connectivity index (χ2n) is 5.82. The second-order valence-corrected chi connectivity index (χ2v) is 5.82. The van der Waals surface area contributed by atoms with Gasteiger partial charge in [-0.1, -0.05) is 0 Å². The normalized spacial score (nSPS) is 23.2. The van der Waals surface area contributed by atoms with E-state index in [4.69, 9.17) is 0 Å². The fraction of sp³-hybridized carbons (Fsp3) is 0.929. The van der Waals surface area contributed by atoms with E-state index in [-0.39, 0.29) is 0 Å². The van der Waals surface area contributed by atoms with Gasteiger partial charge in [-0.25, -0.2) is 0 Å². The summed E-state index contributed by atoms with van der Waals surface area (Å²) in [6.45, 7) is 8.00. The topological polar surface area (TPSA) is 42.9 Å². The van der Waals surface area contributed by atoms with Crippen LogP contribution in [0.4, 0.5) is 0 Å². The fourth-order valence-electron chi connectivity index (χ4n) is 2.44. The third-order valence-electron chi connectivity index (χ3n) is 4.01. The van der Waals surface area contributed by atoms with E-state index in [9.17, 15) is 0 Å². The number of nitrogens with one attached hydrogen (secondary N) is 2. The molecule has 1 saturated heterocycles. The maximum absolute atomic E-state index is 4.27. The molecule has 0 radical (unpaired) electrons. The molecule has 0 aromatic carbocycles. The Morgan fingerprint density at radius 1 is 1.16 bits per heavy atom. The molecule has 5 nitrogen and oxygen atoms in total. The summed E-state index contributed by atoms with van der Waals surface area (Å²) in [5.41, 5.74) is 0. The first-order chi connectivity index (χ1) is 9.28. The predicted octanol–water partition coefficient (Wildman–Crippen LogP) is 0.199. The van der Waals surface area contributed by atoms with Crippen LogP contribution in [0.2, 0.25) is 0 Å². The van der Waals surface area contributed by atoms with Crippen LogP contribution in [0.3, 0.4) is 0 Å². The second kappa shape index (κ2) is 7.70. The van der Waals surface area contributed by atoms with Gasteiger partial charge in [0.05, 0.1) is 0 Å². The van der Waals surface area contributed by atoms with Crippen LogP contribution in [0.5, 0.6) is 0 Å². The molecule has 2 aliphatic rings. The molecule has 0 bridgehead atoms. The summed E-state index contributed by atoms with van der Waals surface area (Å²) in [6, 6.07) is 0. The quantitative estimate of drug-likeness (QED) is 0.552. The maximum Gasteiger partial charge on any atom is 0.191 e. The molecule has 0 unspecified atom stereocenters. The highest BCUT2D eigenvalue weighted by Gasteiger charge is 2.21. The van der Waals surface area contributed by atoms with Crippen LogP contribution in [0.25, 0.3) is 0 Å². The summed E-state index contributed by atoms with van der Waals surface area (Å²) >= 11 is 0. The minimum atomic E-state index is 0.889. The predicted molar refractivity (Wildman–Crippen MR) is 80.6 cm³/mol. The van der Waals surface area contributed by atoms with Gasteiger partial charge in [-0.05, 0) is 45.3 Å². The standard InChI is InChI=1S/C14H29N5/c1-15-14(17-12-13-4-5-13)16-6-9-19-8-3-7-18(2)10-11-19/h13H,3-12H2,1-2H3,(H2,15,16,17). The Morgan fingerprint density at radius 3 is 2.74 bits per heavy atom. The molecule has 110 valence electrons. The zero-order valence-corrected chi connectivity index (χ0v) is 12.5. The van der Waals surface area contributed by atoms with Crippen LogP contribution in [0.15, 0.2) is 4.99 Å². The van der Waals surface area contributed by atoms with Crippen molar-refractivity contribution in [3.63, 3.8) is 0 Å². The highest BCUT2D eigenvalue weighted by Crippen LogP contribution is 2.27. The van der Waals surface area contributed by atoms with Crippen LogP contribution < -0.4 is 10.6 Å². The molecule has 2 fully saturated rings. The zero-order chi connectivity index (χ0) is 13.5. The highest BCUT2D eigenvalue weighted by molar-refractivity contribution is 5.79. The lowest BCUT2D eigenvalue weighted by Crippen LogP contribution is -2.42. The summed E-state index contributed by atoms with van der Waals surface area (Å²) < 4.78 is 0. The van der Waals surface area contributed by atoms with E-state index in [1.807, 2.05) is 7.05 Å². The van der Waals surface area contributed by atoms with Crippen molar-refractivity contribution in [3.8, 4) is 0 Å². The van der Waals surface area contributed by atoms with Crippen LogP contribution in [0, 0.1) is 5.92 Å². The number of hydrogen-bond acceptors (Lipinski definition) is 3. The summed E-state index contributed by atoms with van der Waals surface area (Å²) in [5, 5.41) is 6.82. The average molecular weight is 267 g/mol. The smallest absolute Gasteiger partial charge is 0.191 e. The van der Waals surface area contributed by atoms with Gasteiger partial charge in [0.2, 0.25) is 0 Å². The van der Waals surface area contributed by atoms with E-state index in [0.717, 1.165) is 31.5 Å². The Bertz CT molecular complexity index is 288. The Balaban J connectivity index is 1.58. The van der Waals surface area contributed by atoms with Gasteiger partial charge >= 0.3 is 0 Å². The number of guanidine groups is 1. The molecule has 1 saturated carbocycles. The first-order valence-electron chi connectivity index (χ1n) is 7.63. The molecule has 1 heterocycles. The first-order valence-corrected chi connectivity index (χ1v) is 7.63. The third-order valence-corrected chi connectivity index (χ3v) is 4.01. The summed E-state index contributed by atoms with van der Waals surface area (Å²) in [4.78, 5) is 9.24. The van der Waals surface area contributed by atoms with Crippen LogP contribution >= 0.6 is 0 Å². The van der Waals surface area contributed by atoms with Crippen molar-refractivity contribution in [2.24, 2.45) is 10.9 Å². The van der Waals surface area contributed by atoms with Gasteiger partial charge < -0.3 is 20.4 Å². The Morgan fingerprint density at radius 2 is 2.00 bits per heavy atom. The molecule has 0 atom stereocenters. The molecule has 19 heavy (non-hydrogen) atoms. The molecular weight excluding hydrogens is 238 g/mol. The Labute approximate surface area is 117 Å². The van der Waals surface area contributed by atoms with E-state index in [1.54, 1.807) is 0 Å². The summed E-state index contributed by atoms with van der Waals surface area (Å²) in [5.74, 6) is 1.85. The van der Waals surface area contributed by atoms with E-state index in [2.05, 4.69) is 32.5 Å². The molecular formula is C14H29N5. The number of aliphatic imine (C=N–C) groups is 1. The van der Waals surface area contributed by atoms with Crippen molar-refractivity contribution in [3.05, 3.63) is 0 Å². The van der Waals surface area contributed by atoms with Crippen molar-refractivity contribution >= 4 is 5.96 Å². The third kappa shape index (κ3) is 5.78. The first kappa shape index (κ1) is 14.6. The lowest BCUT2D eigenvalue weighted by Gasteiger charge is -2.21. The number of nitrogens with zero attached hydrogens (tertiary/aromatic N) is 3. The monoisotopic (exact) mass is 267 g/mol. The Hall–Kier alpha value is -0.810. The lowest BCUT2D eigenvalue weighted by molar-refractivity contribution is 0.280. The minimum absolute atomic E-state index is 0.889. The van der Waals surface area contributed by atoms with Crippen LogP contribution in [0.1, 0.15) is 19.3 Å². The van der Waals surface area contributed by atoms with Gasteiger partial charge in [0.25, 0.3) is 0 Å². The Kier molecular flexibility index (Phi) is 5.92. The molecule has 5 heteroatoms. The van der Waals surface area contributed by atoms with Crippen molar-refractivity contribution in [2.45, 2.75) is 19.3 Å². The molecule has 2 N–H and O–H groups in total. The number of likely N-dealkylation sites (N-methyl/N-ethyl adjacent to an activating group) is 1.